The number of hydrogen-bond acceptors (Lipinski definition) is 2. The summed E-state index contributed by atoms with van der Waals surface area (Å²) in [6.45, 7) is 6.08. The van der Waals surface area contributed by atoms with Crippen LogP contribution in [0.25, 0.3) is 0 Å². The van der Waals surface area contributed by atoms with Crippen molar-refractivity contribution in [2.24, 2.45) is 0 Å². The van der Waals surface area contributed by atoms with Crippen LogP contribution in [0, 0.1) is 0 Å². The van der Waals surface area contributed by atoms with E-state index in [1.807, 2.05) is 58.1 Å². The molecule has 0 aromatic carbocycles. The summed E-state index contributed by atoms with van der Waals surface area (Å²) in [5.74, 6) is 0. The van der Waals surface area contributed by atoms with Gasteiger partial charge in [0.25, 0.3) is 5.56 Å². The molecule has 0 radical (unpaired) electrons. The molecule has 84 valence electrons. The van der Waals surface area contributed by atoms with Gasteiger partial charge in [0.2, 0.25) is 0 Å². The van der Waals surface area contributed by atoms with Crippen molar-refractivity contribution in [3.05, 3.63) is 34.2 Å². The lowest BCUT2D eigenvalue weighted by molar-refractivity contribution is 0.317. The smallest absolute Gasteiger partial charge is 0.255 e. The van der Waals surface area contributed by atoms with Crippen molar-refractivity contribution in [2.45, 2.75) is 32.9 Å². The first kappa shape index (κ1) is 12.0. The van der Waals surface area contributed by atoms with E-state index in [0.29, 0.717) is 0 Å². The zero-order valence-electron chi connectivity index (χ0n) is 10.2. The summed E-state index contributed by atoms with van der Waals surface area (Å²) in [5.41, 5.74) is 0.977. The first-order valence-corrected chi connectivity index (χ1v) is 5.32. The van der Waals surface area contributed by atoms with Crippen LogP contribution in [-0.2, 0) is 0 Å². The van der Waals surface area contributed by atoms with Crippen molar-refractivity contribution in [3.63, 3.8) is 0 Å². The zero-order valence-corrected chi connectivity index (χ0v) is 10.2. The van der Waals surface area contributed by atoms with E-state index in [1.54, 1.807) is 4.57 Å². The lowest BCUT2D eigenvalue weighted by Crippen LogP contribution is -2.29. The van der Waals surface area contributed by atoms with Gasteiger partial charge < -0.3 is 9.47 Å². The Labute approximate surface area is 91.3 Å². The third-order valence-electron chi connectivity index (χ3n) is 2.78. The standard InChI is InChI=1S/C12H20N2O/c1-9(2)14-8-6-7-11(12(14)15)10(3)13(4)5/h6-10H,1-5H3. The largest absolute Gasteiger partial charge is 0.313 e. The molecule has 15 heavy (non-hydrogen) atoms. The highest BCUT2D eigenvalue weighted by molar-refractivity contribution is 5.14. The monoisotopic (exact) mass is 208 g/mol. The second-order valence-corrected chi connectivity index (χ2v) is 4.41. The zero-order chi connectivity index (χ0) is 11.6. The summed E-state index contributed by atoms with van der Waals surface area (Å²) in [7, 11) is 3.97. The van der Waals surface area contributed by atoms with E-state index >= 15 is 0 Å². The molecular weight excluding hydrogens is 188 g/mol. The highest BCUT2D eigenvalue weighted by Gasteiger charge is 2.13. The number of aromatic nitrogens is 1. The molecule has 0 spiro atoms. The fourth-order valence-electron chi connectivity index (χ4n) is 1.53. The maximum absolute atomic E-state index is 12.1. The van der Waals surface area contributed by atoms with Gasteiger partial charge in [-0.15, -0.1) is 0 Å². The topological polar surface area (TPSA) is 25.2 Å². The predicted octanol–water partition coefficient (Wildman–Crippen LogP) is 2.05. The molecule has 0 N–H and O–H groups in total. The Balaban J connectivity index is 3.21. The van der Waals surface area contributed by atoms with Gasteiger partial charge in [-0.05, 0) is 40.9 Å². The molecule has 3 heteroatoms. The Morgan fingerprint density at radius 3 is 2.33 bits per heavy atom. The Bertz CT molecular complexity index is 379. The predicted molar refractivity (Wildman–Crippen MR) is 63.2 cm³/mol. The van der Waals surface area contributed by atoms with Crippen molar-refractivity contribution < 1.29 is 0 Å². The third-order valence-corrected chi connectivity index (χ3v) is 2.78. The lowest BCUT2D eigenvalue weighted by Gasteiger charge is -2.21. The van der Waals surface area contributed by atoms with E-state index in [1.165, 1.54) is 0 Å². The lowest BCUT2D eigenvalue weighted by atomic mass is 10.1. The van der Waals surface area contributed by atoms with Gasteiger partial charge in [-0.25, -0.2) is 0 Å². The van der Waals surface area contributed by atoms with Crippen molar-refractivity contribution >= 4 is 0 Å². The highest BCUT2D eigenvalue weighted by atomic mass is 16.1. The molecule has 1 unspecified atom stereocenters. The van der Waals surface area contributed by atoms with Crippen LogP contribution >= 0.6 is 0 Å². The molecular formula is C12H20N2O. The number of rotatable bonds is 3. The first-order chi connectivity index (χ1) is 6.95. The van der Waals surface area contributed by atoms with Crippen LogP contribution in [0.1, 0.15) is 38.4 Å². The van der Waals surface area contributed by atoms with Crippen LogP contribution < -0.4 is 5.56 Å². The number of nitrogens with zero attached hydrogens (tertiary/aromatic N) is 2. The molecule has 1 aromatic heterocycles. The van der Waals surface area contributed by atoms with Gasteiger partial charge in [-0.1, -0.05) is 6.07 Å². The van der Waals surface area contributed by atoms with Crippen LogP contribution in [0.3, 0.4) is 0 Å². The molecule has 1 aromatic rings. The van der Waals surface area contributed by atoms with E-state index in [0.717, 1.165) is 5.56 Å². The van der Waals surface area contributed by atoms with Gasteiger partial charge in [-0.2, -0.15) is 0 Å². The van der Waals surface area contributed by atoms with Gasteiger partial charge in [-0.3, -0.25) is 4.79 Å². The molecule has 0 bridgehead atoms. The molecule has 3 nitrogen and oxygen atoms in total. The van der Waals surface area contributed by atoms with E-state index in [-0.39, 0.29) is 17.6 Å². The summed E-state index contributed by atoms with van der Waals surface area (Å²) in [6, 6.07) is 4.22. The molecule has 1 atom stereocenters. The Hall–Kier alpha value is -1.09. The fraction of sp³-hybridized carbons (Fsp3) is 0.583. The molecule has 0 aliphatic rings. The Morgan fingerprint density at radius 2 is 1.87 bits per heavy atom. The minimum Gasteiger partial charge on any atom is -0.313 e. The second kappa shape index (κ2) is 4.62. The van der Waals surface area contributed by atoms with Gasteiger partial charge in [0.15, 0.2) is 0 Å². The minimum absolute atomic E-state index is 0.119. The van der Waals surface area contributed by atoms with Crippen molar-refractivity contribution in [1.82, 2.24) is 9.47 Å². The molecule has 0 aliphatic heterocycles. The average Bonchev–Trinajstić information content (AvgIpc) is 2.16. The van der Waals surface area contributed by atoms with E-state index in [4.69, 9.17) is 0 Å². The third kappa shape index (κ3) is 2.48. The average molecular weight is 208 g/mol. The Kier molecular flexibility index (Phi) is 3.69. The maximum Gasteiger partial charge on any atom is 0.255 e. The summed E-state index contributed by atoms with van der Waals surface area (Å²) in [4.78, 5) is 14.1. The fourth-order valence-corrected chi connectivity index (χ4v) is 1.53. The molecule has 0 saturated heterocycles. The van der Waals surface area contributed by atoms with E-state index in [2.05, 4.69) is 0 Å². The molecule has 1 heterocycles. The van der Waals surface area contributed by atoms with Crippen molar-refractivity contribution in [1.29, 1.82) is 0 Å². The molecule has 0 aliphatic carbocycles. The quantitative estimate of drug-likeness (QED) is 0.759. The summed E-state index contributed by atoms with van der Waals surface area (Å²) >= 11 is 0. The van der Waals surface area contributed by atoms with Gasteiger partial charge in [0.1, 0.15) is 0 Å². The van der Waals surface area contributed by atoms with Crippen LogP contribution in [0.5, 0.6) is 0 Å². The first-order valence-electron chi connectivity index (χ1n) is 5.32. The SMILES string of the molecule is CC(c1cccn(C(C)C)c1=O)N(C)C. The van der Waals surface area contributed by atoms with Crippen molar-refractivity contribution in [3.8, 4) is 0 Å². The normalized spacial score (nSPS) is 13.5. The number of pyridine rings is 1. The summed E-state index contributed by atoms with van der Waals surface area (Å²) in [5, 5.41) is 0. The molecule has 0 amide bonds. The van der Waals surface area contributed by atoms with Crippen LogP contribution in [0.4, 0.5) is 0 Å². The molecule has 0 saturated carbocycles. The van der Waals surface area contributed by atoms with E-state index in [9.17, 15) is 4.79 Å². The molecule has 0 fully saturated rings. The van der Waals surface area contributed by atoms with Gasteiger partial charge >= 0.3 is 0 Å². The summed E-state index contributed by atoms with van der Waals surface area (Å²) < 4.78 is 1.77. The van der Waals surface area contributed by atoms with Crippen LogP contribution in [0.15, 0.2) is 23.1 Å². The maximum atomic E-state index is 12.1. The van der Waals surface area contributed by atoms with Gasteiger partial charge in [0.05, 0.1) is 0 Å². The number of hydrogen-bond donors (Lipinski definition) is 0. The van der Waals surface area contributed by atoms with Crippen LogP contribution in [-0.4, -0.2) is 23.6 Å². The van der Waals surface area contributed by atoms with Gasteiger partial charge in [0, 0.05) is 23.8 Å². The van der Waals surface area contributed by atoms with E-state index < -0.39 is 0 Å². The molecule has 1 rings (SSSR count). The van der Waals surface area contributed by atoms with Crippen LogP contribution in [0.2, 0.25) is 0 Å². The van der Waals surface area contributed by atoms with Crippen molar-refractivity contribution in [2.75, 3.05) is 14.1 Å². The Morgan fingerprint density at radius 1 is 1.27 bits per heavy atom. The highest BCUT2D eigenvalue weighted by Crippen LogP contribution is 2.13. The second-order valence-electron chi connectivity index (χ2n) is 4.41. The minimum atomic E-state index is 0.119. The summed E-state index contributed by atoms with van der Waals surface area (Å²) in [6.07, 6.45) is 1.85.